The van der Waals surface area contributed by atoms with Gasteiger partial charge >= 0.3 is 0 Å². The average molecular weight is 364 g/mol. The number of carbonyl (C=O) groups excluding carboxylic acids is 1. The number of piperazine rings is 1. The van der Waals surface area contributed by atoms with Crippen LogP contribution in [0.1, 0.15) is 52.2 Å². The van der Waals surface area contributed by atoms with E-state index in [4.69, 9.17) is 0 Å². The predicted molar refractivity (Wildman–Crippen MR) is 101 cm³/mol. The number of benzene rings is 1. The molecule has 0 spiro atoms. The van der Waals surface area contributed by atoms with Gasteiger partial charge in [-0.05, 0) is 31.2 Å². The van der Waals surface area contributed by atoms with Gasteiger partial charge in [0.1, 0.15) is 0 Å². The zero-order valence-electron chi connectivity index (χ0n) is 16.4. The van der Waals surface area contributed by atoms with Gasteiger partial charge in [-0.1, -0.05) is 49.8 Å². The van der Waals surface area contributed by atoms with Gasteiger partial charge in [0.25, 0.3) is 5.92 Å². The largest absolute Gasteiger partial charge is 0.354 e. The third kappa shape index (κ3) is 5.37. The van der Waals surface area contributed by atoms with Crippen LogP contribution < -0.4 is 5.32 Å². The first kappa shape index (κ1) is 20.6. The lowest BCUT2D eigenvalue weighted by Gasteiger charge is -2.38. The van der Waals surface area contributed by atoms with Crippen LogP contribution in [0.4, 0.5) is 8.78 Å². The van der Waals surface area contributed by atoms with E-state index < -0.39 is 5.92 Å². The van der Waals surface area contributed by atoms with Gasteiger partial charge in [0.05, 0.1) is 6.54 Å². The van der Waals surface area contributed by atoms with E-state index >= 15 is 0 Å². The van der Waals surface area contributed by atoms with Crippen LogP contribution in [0.25, 0.3) is 0 Å². The minimum atomic E-state index is -2.82. The maximum atomic E-state index is 13.5. The van der Waals surface area contributed by atoms with Gasteiger partial charge < -0.3 is 5.32 Å². The Labute approximate surface area is 155 Å². The third-order valence-electron chi connectivity index (χ3n) is 4.96. The highest BCUT2D eigenvalue weighted by Crippen LogP contribution is 2.33. The summed E-state index contributed by atoms with van der Waals surface area (Å²) in [6.07, 6.45) is 3.02. The lowest BCUT2D eigenvalue weighted by Crippen LogP contribution is -2.52. The smallest absolute Gasteiger partial charge is 0.270 e. The van der Waals surface area contributed by atoms with Crippen LogP contribution in [-0.4, -0.2) is 36.5 Å². The van der Waals surface area contributed by atoms with Crippen molar-refractivity contribution in [2.45, 2.75) is 58.4 Å². The highest BCUT2D eigenvalue weighted by Gasteiger charge is 2.31. The van der Waals surface area contributed by atoms with Crippen LogP contribution >= 0.6 is 0 Å². The van der Waals surface area contributed by atoms with Gasteiger partial charge in [-0.3, -0.25) is 9.69 Å². The normalized spacial score (nSPS) is 17.6. The van der Waals surface area contributed by atoms with Crippen molar-refractivity contribution in [3.05, 3.63) is 47.0 Å². The highest BCUT2D eigenvalue weighted by molar-refractivity contribution is 5.78. The molecule has 3 nitrogen and oxygen atoms in total. The maximum absolute atomic E-state index is 13.5. The predicted octanol–water partition coefficient (Wildman–Crippen LogP) is 4.23. The molecule has 144 valence electrons. The molecule has 5 heteroatoms. The van der Waals surface area contributed by atoms with E-state index in [0.29, 0.717) is 13.1 Å². The summed E-state index contributed by atoms with van der Waals surface area (Å²) in [5.74, 6) is -2.77. The van der Waals surface area contributed by atoms with Gasteiger partial charge in [0, 0.05) is 31.6 Å². The monoisotopic (exact) mass is 364 g/mol. The van der Waals surface area contributed by atoms with Crippen molar-refractivity contribution in [1.29, 1.82) is 0 Å². The fraction of sp³-hybridized carbons (Fsp3) is 0.571. The van der Waals surface area contributed by atoms with Gasteiger partial charge in [0.15, 0.2) is 0 Å². The molecule has 1 heterocycles. The van der Waals surface area contributed by atoms with E-state index in [2.05, 4.69) is 44.0 Å². The zero-order valence-corrected chi connectivity index (χ0v) is 16.4. The average Bonchev–Trinajstić information content (AvgIpc) is 2.53. The molecule has 1 saturated heterocycles. The Bertz CT molecular complexity index is 656. The summed E-state index contributed by atoms with van der Waals surface area (Å²) in [6.45, 7) is 11.2. The molecule has 0 radical (unpaired) electrons. The van der Waals surface area contributed by atoms with Crippen molar-refractivity contribution >= 4 is 5.91 Å². The Morgan fingerprint density at radius 2 is 1.77 bits per heavy atom. The number of hydrogen-bond donors (Lipinski definition) is 1. The summed E-state index contributed by atoms with van der Waals surface area (Å²) in [5, 5.41) is 2.86. The highest BCUT2D eigenvalue weighted by atomic mass is 19.3. The van der Waals surface area contributed by atoms with Crippen LogP contribution in [0, 0.1) is 0 Å². The fourth-order valence-electron chi connectivity index (χ4n) is 3.47. The molecule has 1 atom stereocenters. The molecule has 2 rings (SSSR count). The van der Waals surface area contributed by atoms with Crippen LogP contribution in [0.3, 0.4) is 0 Å². The Morgan fingerprint density at radius 3 is 2.27 bits per heavy atom. The quantitative estimate of drug-likeness (QED) is 0.766. The molecule has 1 amide bonds. The molecule has 1 fully saturated rings. The molecule has 1 aromatic carbocycles. The van der Waals surface area contributed by atoms with Crippen molar-refractivity contribution in [3.8, 4) is 0 Å². The molecular formula is C21H30F2N2O. The molecule has 0 aromatic heterocycles. The van der Waals surface area contributed by atoms with Crippen LogP contribution in [0.5, 0.6) is 0 Å². The number of alkyl halides is 2. The number of carbonyl (C=O) groups is 1. The van der Waals surface area contributed by atoms with Gasteiger partial charge in [-0.15, -0.1) is 0 Å². The van der Waals surface area contributed by atoms with Crippen molar-refractivity contribution < 1.29 is 13.6 Å². The Morgan fingerprint density at radius 1 is 1.19 bits per heavy atom. The summed E-state index contributed by atoms with van der Waals surface area (Å²) < 4.78 is 26.9. The Balaban J connectivity index is 2.22. The first-order valence-electron chi connectivity index (χ1n) is 9.14. The number of amides is 1. The Hall–Kier alpha value is -1.75. The molecule has 0 aliphatic carbocycles. The molecule has 1 unspecified atom stereocenters. The standard InChI is InChI=1S/C21H30F2N2O/c1-15(2)12-18(25-11-10-24-19(26)14-25)13-20(3,4)16-6-8-17(9-7-16)21(5,22)23/h6-9,12,18H,10-11,13-14H2,1-5H3,(H,24,26). The first-order valence-corrected chi connectivity index (χ1v) is 9.14. The SMILES string of the molecule is CC(C)=CC(CC(C)(C)c1ccc(C(C)(F)F)cc1)N1CCNC(=O)C1. The van der Waals surface area contributed by atoms with Gasteiger partial charge in [-0.25, -0.2) is 8.78 Å². The number of allylic oxidation sites excluding steroid dienone is 1. The molecule has 0 saturated carbocycles. The van der Waals surface area contributed by atoms with Crippen LogP contribution in [-0.2, 0) is 16.1 Å². The lowest BCUT2D eigenvalue weighted by atomic mass is 9.78. The van der Waals surface area contributed by atoms with Crippen LogP contribution in [0.2, 0.25) is 0 Å². The fourth-order valence-corrected chi connectivity index (χ4v) is 3.47. The number of rotatable bonds is 6. The third-order valence-corrected chi connectivity index (χ3v) is 4.96. The number of nitrogens with zero attached hydrogens (tertiary/aromatic N) is 1. The Kier molecular flexibility index (Phi) is 6.22. The molecular weight excluding hydrogens is 334 g/mol. The minimum Gasteiger partial charge on any atom is -0.354 e. The molecule has 1 aromatic rings. The molecule has 0 bridgehead atoms. The van der Waals surface area contributed by atoms with Gasteiger partial charge in [0.2, 0.25) is 5.91 Å². The molecule has 1 N–H and O–H groups in total. The zero-order chi connectivity index (χ0) is 19.5. The second-order valence-electron chi connectivity index (χ2n) is 8.19. The van der Waals surface area contributed by atoms with Crippen molar-refractivity contribution in [2.75, 3.05) is 19.6 Å². The van der Waals surface area contributed by atoms with Crippen molar-refractivity contribution in [3.63, 3.8) is 0 Å². The summed E-state index contributed by atoms with van der Waals surface area (Å²) in [7, 11) is 0. The van der Waals surface area contributed by atoms with Crippen molar-refractivity contribution in [1.82, 2.24) is 10.2 Å². The summed E-state index contributed by atoms with van der Waals surface area (Å²) in [5.41, 5.74) is 2.06. The maximum Gasteiger partial charge on any atom is 0.270 e. The summed E-state index contributed by atoms with van der Waals surface area (Å²) >= 11 is 0. The summed E-state index contributed by atoms with van der Waals surface area (Å²) in [6, 6.07) is 6.76. The topological polar surface area (TPSA) is 32.3 Å². The van der Waals surface area contributed by atoms with Gasteiger partial charge in [-0.2, -0.15) is 0 Å². The van der Waals surface area contributed by atoms with E-state index in [-0.39, 0.29) is 22.9 Å². The number of hydrogen-bond acceptors (Lipinski definition) is 2. The van der Waals surface area contributed by atoms with E-state index in [0.717, 1.165) is 25.5 Å². The second kappa shape index (κ2) is 7.87. The number of nitrogens with one attached hydrogen (secondary N) is 1. The van der Waals surface area contributed by atoms with E-state index in [1.165, 1.54) is 17.7 Å². The molecule has 1 aliphatic rings. The number of halogens is 2. The van der Waals surface area contributed by atoms with Crippen molar-refractivity contribution in [2.24, 2.45) is 0 Å². The van der Waals surface area contributed by atoms with E-state index in [1.54, 1.807) is 12.1 Å². The van der Waals surface area contributed by atoms with Crippen LogP contribution in [0.15, 0.2) is 35.9 Å². The lowest BCUT2D eigenvalue weighted by molar-refractivity contribution is -0.124. The minimum absolute atomic E-state index is 0.0330. The molecule has 26 heavy (non-hydrogen) atoms. The second-order valence-corrected chi connectivity index (χ2v) is 8.19. The molecule has 1 aliphatic heterocycles. The van der Waals surface area contributed by atoms with E-state index in [1.807, 2.05) is 0 Å². The first-order chi connectivity index (χ1) is 12.0. The van der Waals surface area contributed by atoms with E-state index in [9.17, 15) is 13.6 Å². The summed E-state index contributed by atoms with van der Waals surface area (Å²) in [4.78, 5) is 14.0.